The number of nitrogens with zero attached hydrogens (tertiary/aromatic N) is 4. The number of benzene rings is 2. The molecule has 0 unspecified atom stereocenters. The predicted molar refractivity (Wildman–Crippen MR) is 179 cm³/mol. The lowest BCUT2D eigenvalue weighted by atomic mass is 10.2. The summed E-state index contributed by atoms with van der Waals surface area (Å²) in [6, 6.07) is 7.84. The topological polar surface area (TPSA) is 87.6 Å². The van der Waals surface area contributed by atoms with Crippen LogP contribution in [0, 0.1) is 13.8 Å². The Kier molecular flexibility index (Phi) is 10.7. The minimum Gasteiger partial charge on any atom is -0.493 e. The van der Waals surface area contributed by atoms with E-state index in [1.165, 1.54) is 9.75 Å². The second-order valence-electron chi connectivity index (χ2n) is 10.8. The van der Waals surface area contributed by atoms with Gasteiger partial charge in [0.1, 0.15) is 10.0 Å². The van der Waals surface area contributed by atoms with Crippen LogP contribution in [0.1, 0.15) is 27.6 Å². The van der Waals surface area contributed by atoms with Crippen LogP contribution in [0.4, 0.5) is 0 Å². The largest absolute Gasteiger partial charge is 0.493 e. The fourth-order valence-electron chi connectivity index (χ4n) is 5.55. The third-order valence-corrected chi connectivity index (χ3v) is 10.4. The normalized spacial score (nSPS) is 14.2. The number of aromatic nitrogens is 2. The zero-order valence-corrected chi connectivity index (χ0v) is 28.9. The van der Waals surface area contributed by atoms with Gasteiger partial charge in [-0.25, -0.2) is 9.97 Å². The molecule has 4 aromatic rings. The molecule has 1 aliphatic rings. The van der Waals surface area contributed by atoms with Gasteiger partial charge in [0.05, 0.1) is 54.0 Å². The first-order chi connectivity index (χ1) is 21.8. The van der Waals surface area contributed by atoms with Crippen molar-refractivity contribution in [3.63, 3.8) is 0 Å². The van der Waals surface area contributed by atoms with E-state index in [9.17, 15) is 0 Å². The summed E-state index contributed by atoms with van der Waals surface area (Å²) in [5.74, 6) is 3.66. The van der Waals surface area contributed by atoms with Crippen molar-refractivity contribution in [3.05, 3.63) is 45.4 Å². The Hall–Kier alpha value is -3.58. The van der Waals surface area contributed by atoms with Gasteiger partial charge in [0, 0.05) is 47.1 Å². The van der Waals surface area contributed by atoms with Crippen LogP contribution in [0.2, 0.25) is 0 Å². The Morgan fingerprint density at radius 1 is 0.556 bits per heavy atom. The molecule has 0 atom stereocenters. The van der Waals surface area contributed by atoms with Gasteiger partial charge >= 0.3 is 0 Å². The third-order valence-electron chi connectivity index (χ3n) is 8.02. The predicted octanol–water partition coefficient (Wildman–Crippen LogP) is 6.31. The highest BCUT2D eigenvalue weighted by atomic mass is 32.1. The molecule has 0 spiro atoms. The number of hydrogen-bond donors (Lipinski definition) is 0. The lowest BCUT2D eigenvalue weighted by Gasteiger charge is -2.21. The molecule has 1 saturated heterocycles. The van der Waals surface area contributed by atoms with Gasteiger partial charge in [0.15, 0.2) is 23.0 Å². The summed E-state index contributed by atoms with van der Waals surface area (Å²) in [5, 5.41) is 1.89. The van der Waals surface area contributed by atoms with E-state index < -0.39 is 0 Å². The Balaban J connectivity index is 1.25. The van der Waals surface area contributed by atoms with Crippen LogP contribution in [0.5, 0.6) is 34.5 Å². The standard InChI is InChI=1S/C33H42N4O6S2/c1-20-28(44-32(34-20)22-14-24(38-3)30(42-7)25(15-22)39-4)18-36-10-9-11-37(13-12-36)19-29-21(2)35-33(45-29)23-16-26(40-5)31(43-8)27(17-23)41-6/h14-17H,9-13,18-19H2,1-8H3. The van der Waals surface area contributed by atoms with Gasteiger partial charge in [-0.3, -0.25) is 9.80 Å². The Labute approximate surface area is 273 Å². The molecule has 45 heavy (non-hydrogen) atoms. The molecule has 0 N–H and O–H groups in total. The fraction of sp³-hybridized carbons (Fsp3) is 0.455. The number of ether oxygens (including phenoxy) is 6. The first-order valence-corrected chi connectivity index (χ1v) is 16.4. The molecule has 0 saturated carbocycles. The van der Waals surface area contributed by atoms with Crippen LogP contribution in [-0.4, -0.2) is 88.6 Å². The van der Waals surface area contributed by atoms with Gasteiger partial charge in [0.25, 0.3) is 0 Å². The van der Waals surface area contributed by atoms with Crippen LogP contribution in [-0.2, 0) is 13.1 Å². The zero-order valence-electron chi connectivity index (χ0n) is 27.3. The van der Waals surface area contributed by atoms with Crippen molar-refractivity contribution >= 4 is 22.7 Å². The second-order valence-corrected chi connectivity index (χ2v) is 13.0. The lowest BCUT2D eigenvalue weighted by Crippen LogP contribution is -2.30. The summed E-state index contributed by atoms with van der Waals surface area (Å²) >= 11 is 3.46. The maximum atomic E-state index is 5.57. The summed E-state index contributed by atoms with van der Waals surface area (Å²) in [6.07, 6.45) is 1.11. The van der Waals surface area contributed by atoms with E-state index in [4.69, 9.17) is 38.4 Å². The first kappa shape index (κ1) is 32.8. The van der Waals surface area contributed by atoms with E-state index in [2.05, 4.69) is 23.6 Å². The van der Waals surface area contributed by atoms with Crippen molar-refractivity contribution in [2.45, 2.75) is 33.4 Å². The smallest absolute Gasteiger partial charge is 0.203 e. The van der Waals surface area contributed by atoms with Crippen molar-refractivity contribution in [2.24, 2.45) is 0 Å². The van der Waals surface area contributed by atoms with Gasteiger partial charge in [0.2, 0.25) is 11.5 Å². The number of aryl methyl sites for hydroxylation is 2. The molecular formula is C33H42N4O6S2. The first-order valence-electron chi connectivity index (χ1n) is 14.8. The van der Waals surface area contributed by atoms with Crippen molar-refractivity contribution in [3.8, 4) is 55.6 Å². The van der Waals surface area contributed by atoms with E-state index in [0.29, 0.717) is 34.5 Å². The highest BCUT2D eigenvalue weighted by molar-refractivity contribution is 7.15. The molecule has 12 heteroatoms. The zero-order chi connectivity index (χ0) is 32.1. The van der Waals surface area contributed by atoms with Crippen molar-refractivity contribution in [1.82, 2.24) is 19.8 Å². The van der Waals surface area contributed by atoms with E-state index >= 15 is 0 Å². The fourth-order valence-corrected chi connectivity index (χ4v) is 7.74. The monoisotopic (exact) mass is 654 g/mol. The number of rotatable bonds is 12. The molecule has 0 bridgehead atoms. The SMILES string of the molecule is COc1cc(-c2nc(C)c(CN3CCCN(Cc4sc(-c5cc(OC)c(OC)c(OC)c5)nc4C)CC3)s2)cc(OC)c1OC. The van der Waals surface area contributed by atoms with Crippen molar-refractivity contribution in [1.29, 1.82) is 0 Å². The van der Waals surface area contributed by atoms with Crippen LogP contribution in [0.3, 0.4) is 0 Å². The van der Waals surface area contributed by atoms with Crippen molar-refractivity contribution in [2.75, 3.05) is 68.8 Å². The van der Waals surface area contributed by atoms with Crippen LogP contribution in [0.15, 0.2) is 24.3 Å². The summed E-state index contributed by atoms with van der Waals surface area (Å²) in [7, 11) is 9.75. The van der Waals surface area contributed by atoms with Gasteiger partial charge in [-0.1, -0.05) is 0 Å². The summed E-state index contributed by atoms with van der Waals surface area (Å²) in [6.45, 7) is 10.0. The highest BCUT2D eigenvalue weighted by Gasteiger charge is 2.22. The molecule has 10 nitrogen and oxygen atoms in total. The average Bonchev–Trinajstić information content (AvgIpc) is 3.53. The number of thiazole rings is 2. The van der Waals surface area contributed by atoms with Crippen LogP contribution < -0.4 is 28.4 Å². The lowest BCUT2D eigenvalue weighted by molar-refractivity contribution is 0.249. The van der Waals surface area contributed by atoms with E-state index in [1.807, 2.05) is 24.3 Å². The molecule has 5 rings (SSSR count). The molecule has 242 valence electrons. The van der Waals surface area contributed by atoms with E-state index in [-0.39, 0.29) is 0 Å². The molecule has 2 aromatic carbocycles. The molecular weight excluding hydrogens is 613 g/mol. The third kappa shape index (κ3) is 7.14. The van der Waals surface area contributed by atoms with Crippen LogP contribution >= 0.6 is 22.7 Å². The highest BCUT2D eigenvalue weighted by Crippen LogP contribution is 2.44. The Bertz CT molecular complexity index is 1450. The molecule has 2 aromatic heterocycles. The van der Waals surface area contributed by atoms with Gasteiger partial charge in [-0.05, 0) is 57.6 Å². The Morgan fingerprint density at radius 2 is 0.911 bits per heavy atom. The van der Waals surface area contributed by atoms with E-state index in [1.54, 1.807) is 65.3 Å². The molecule has 1 aliphatic heterocycles. The second kappa shape index (κ2) is 14.7. The van der Waals surface area contributed by atoms with Gasteiger partial charge < -0.3 is 28.4 Å². The summed E-state index contributed by atoms with van der Waals surface area (Å²) in [5.41, 5.74) is 4.03. The minimum absolute atomic E-state index is 0.581. The van der Waals surface area contributed by atoms with Gasteiger partial charge in [-0.15, -0.1) is 22.7 Å². The summed E-state index contributed by atoms with van der Waals surface area (Å²) < 4.78 is 33.3. The van der Waals surface area contributed by atoms with E-state index in [0.717, 1.165) is 78.2 Å². The molecule has 0 aliphatic carbocycles. The quantitative estimate of drug-likeness (QED) is 0.173. The summed E-state index contributed by atoms with van der Waals surface area (Å²) in [4.78, 5) is 17.5. The van der Waals surface area contributed by atoms with Crippen molar-refractivity contribution < 1.29 is 28.4 Å². The number of hydrogen-bond acceptors (Lipinski definition) is 12. The molecule has 1 fully saturated rings. The molecule has 0 amide bonds. The molecule has 0 radical (unpaired) electrons. The maximum Gasteiger partial charge on any atom is 0.203 e. The average molecular weight is 655 g/mol. The minimum atomic E-state index is 0.581. The number of methoxy groups -OCH3 is 6. The van der Waals surface area contributed by atoms with Crippen LogP contribution in [0.25, 0.3) is 21.1 Å². The van der Waals surface area contributed by atoms with Gasteiger partial charge in [-0.2, -0.15) is 0 Å². The maximum absolute atomic E-state index is 5.57. The Morgan fingerprint density at radius 3 is 1.22 bits per heavy atom. The molecule has 3 heterocycles.